The number of fused-ring (bicyclic) bond motifs is 1. The SMILES string of the molecule is C[C@@H]1CC[C@H](O)C(C)(C)[C@]12Cc1cc(C(=O)[O-])cc(CC(O)CO)c1O2.[Na+]. The van der Waals surface area contributed by atoms with Crippen molar-refractivity contribution in [1.82, 2.24) is 0 Å². The van der Waals surface area contributed by atoms with E-state index < -0.39 is 35.8 Å². The van der Waals surface area contributed by atoms with Crippen molar-refractivity contribution >= 4 is 5.97 Å². The van der Waals surface area contributed by atoms with Gasteiger partial charge in [-0.1, -0.05) is 20.8 Å². The average Bonchev–Trinajstić information content (AvgIpc) is 2.99. The van der Waals surface area contributed by atoms with Crippen LogP contribution >= 0.6 is 0 Å². The fourth-order valence-corrected chi connectivity index (χ4v) is 4.66. The van der Waals surface area contributed by atoms with Crippen molar-refractivity contribution in [1.29, 1.82) is 0 Å². The molecule has 1 unspecified atom stereocenters. The summed E-state index contributed by atoms with van der Waals surface area (Å²) in [7, 11) is 0. The summed E-state index contributed by atoms with van der Waals surface area (Å²) in [5, 5.41) is 41.0. The minimum absolute atomic E-state index is 0. The summed E-state index contributed by atoms with van der Waals surface area (Å²) in [6.07, 6.45) is 0.597. The van der Waals surface area contributed by atoms with Crippen LogP contribution in [-0.4, -0.2) is 45.7 Å². The number of carboxylic acids is 1. The summed E-state index contributed by atoms with van der Waals surface area (Å²) in [6, 6.07) is 3.01. The van der Waals surface area contributed by atoms with Crippen molar-refractivity contribution in [2.24, 2.45) is 11.3 Å². The Bertz CT molecular complexity index is 719. The van der Waals surface area contributed by atoms with E-state index in [4.69, 9.17) is 4.74 Å². The molecule has 1 saturated carbocycles. The Kier molecular flexibility index (Phi) is 6.72. The van der Waals surface area contributed by atoms with E-state index in [2.05, 4.69) is 6.92 Å². The molecule has 1 aromatic carbocycles. The number of carboxylic acid groups (broad SMARTS) is 1. The van der Waals surface area contributed by atoms with E-state index in [1.54, 1.807) is 6.07 Å². The predicted octanol–water partition coefficient (Wildman–Crippen LogP) is -2.56. The second kappa shape index (κ2) is 8.01. The summed E-state index contributed by atoms with van der Waals surface area (Å²) in [6.45, 7) is 5.65. The van der Waals surface area contributed by atoms with Crippen molar-refractivity contribution in [3.05, 3.63) is 28.8 Å². The van der Waals surface area contributed by atoms with Gasteiger partial charge in [0, 0.05) is 18.3 Å². The molecule has 2 aliphatic rings. The first kappa shape index (κ1) is 22.7. The number of hydrogen-bond acceptors (Lipinski definition) is 6. The van der Waals surface area contributed by atoms with Gasteiger partial charge in [0.2, 0.25) is 0 Å². The van der Waals surface area contributed by atoms with Gasteiger partial charge in [0.1, 0.15) is 11.4 Å². The summed E-state index contributed by atoms with van der Waals surface area (Å²) >= 11 is 0. The Hall–Kier alpha value is -0.630. The molecule has 144 valence electrons. The van der Waals surface area contributed by atoms with Crippen LogP contribution in [0.4, 0.5) is 0 Å². The van der Waals surface area contributed by atoms with Crippen LogP contribution in [0.15, 0.2) is 12.1 Å². The molecular formula is C20H27NaO6. The van der Waals surface area contributed by atoms with Crippen LogP contribution in [-0.2, 0) is 12.8 Å². The molecule has 1 spiro atoms. The minimum Gasteiger partial charge on any atom is -0.545 e. The van der Waals surface area contributed by atoms with E-state index in [9.17, 15) is 25.2 Å². The monoisotopic (exact) mass is 386 g/mol. The quantitative estimate of drug-likeness (QED) is 0.491. The molecule has 0 aromatic heterocycles. The smallest absolute Gasteiger partial charge is 0.545 e. The zero-order chi connectivity index (χ0) is 19.3. The summed E-state index contributed by atoms with van der Waals surface area (Å²) < 4.78 is 6.48. The second-order valence-electron chi connectivity index (χ2n) is 8.34. The predicted molar refractivity (Wildman–Crippen MR) is 92.8 cm³/mol. The molecule has 27 heavy (non-hydrogen) atoms. The molecule has 0 saturated heterocycles. The molecule has 7 heteroatoms. The number of aliphatic hydroxyl groups excluding tert-OH is 3. The van der Waals surface area contributed by atoms with Crippen LogP contribution < -0.4 is 39.4 Å². The fraction of sp³-hybridized carbons (Fsp3) is 0.650. The summed E-state index contributed by atoms with van der Waals surface area (Å²) in [5.74, 6) is -0.545. The van der Waals surface area contributed by atoms with Crippen molar-refractivity contribution in [3.8, 4) is 5.75 Å². The molecule has 6 nitrogen and oxygen atoms in total. The number of ether oxygens (including phenoxy) is 1. The van der Waals surface area contributed by atoms with Gasteiger partial charge in [0.15, 0.2) is 0 Å². The van der Waals surface area contributed by atoms with E-state index >= 15 is 0 Å². The van der Waals surface area contributed by atoms with Crippen LogP contribution in [0.1, 0.15) is 55.1 Å². The first-order valence-electron chi connectivity index (χ1n) is 9.15. The molecule has 0 bridgehead atoms. The first-order valence-corrected chi connectivity index (χ1v) is 9.15. The third kappa shape index (κ3) is 3.68. The number of benzene rings is 1. The molecule has 0 radical (unpaired) electrons. The maximum atomic E-state index is 11.4. The molecule has 3 N–H and O–H groups in total. The zero-order valence-electron chi connectivity index (χ0n) is 16.5. The number of rotatable bonds is 4. The normalized spacial score (nSPS) is 29.6. The van der Waals surface area contributed by atoms with Crippen molar-refractivity contribution in [2.75, 3.05) is 6.61 Å². The van der Waals surface area contributed by atoms with Gasteiger partial charge in [-0.25, -0.2) is 0 Å². The van der Waals surface area contributed by atoms with Crippen LogP contribution in [0.3, 0.4) is 0 Å². The third-order valence-electron chi connectivity index (χ3n) is 6.47. The second-order valence-corrected chi connectivity index (χ2v) is 8.34. The maximum absolute atomic E-state index is 11.4. The first-order chi connectivity index (χ1) is 12.1. The molecule has 0 amide bonds. The van der Waals surface area contributed by atoms with Gasteiger partial charge in [-0.2, -0.15) is 0 Å². The van der Waals surface area contributed by atoms with Gasteiger partial charge in [-0.3, -0.25) is 0 Å². The molecule has 1 heterocycles. The Balaban J connectivity index is 0.00000261. The summed E-state index contributed by atoms with van der Waals surface area (Å²) in [5.41, 5.74) is 0.171. The van der Waals surface area contributed by atoms with Crippen LogP contribution in [0.2, 0.25) is 0 Å². The maximum Gasteiger partial charge on any atom is 1.00 e. The molecule has 1 aliphatic heterocycles. The van der Waals surface area contributed by atoms with Gasteiger partial charge < -0.3 is 30.0 Å². The van der Waals surface area contributed by atoms with Gasteiger partial charge in [0.25, 0.3) is 0 Å². The Labute approximate surface area is 181 Å². The van der Waals surface area contributed by atoms with E-state index in [1.807, 2.05) is 13.8 Å². The van der Waals surface area contributed by atoms with Gasteiger partial charge >= 0.3 is 29.6 Å². The van der Waals surface area contributed by atoms with Gasteiger partial charge in [-0.15, -0.1) is 0 Å². The molecule has 1 fully saturated rings. The van der Waals surface area contributed by atoms with Crippen LogP contribution in [0.25, 0.3) is 0 Å². The van der Waals surface area contributed by atoms with Crippen LogP contribution in [0, 0.1) is 11.3 Å². The van der Waals surface area contributed by atoms with Gasteiger partial charge in [0.05, 0.1) is 24.8 Å². The summed E-state index contributed by atoms with van der Waals surface area (Å²) in [4.78, 5) is 11.4. The molecule has 4 atom stereocenters. The minimum atomic E-state index is -1.29. The Morgan fingerprint density at radius 1 is 1.37 bits per heavy atom. The van der Waals surface area contributed by atoms with E-state index in [0.29, 0.717) is 24.2 Å². The standard InChI is InChI=1S/C20H28O6.Na/c1-11-4-5-16(23)19(2,3)20(11)9-14-7-13(18(24)25)6-12(17(14)26-20)8-15(22)10-21;/h6-7,11,15-16,21-23H,4-5,8-10H2,1-3H3,(H,24,25);/q;+1/p-1/t11-,15?,16+,20+;/m1./s1. The number of carbonyl (C=O) groups excluding carboxylic acids is 1. The number of aliphatic hydroxyl groups is 3. The fourth-order valence-electron chi connectivity index (χ4n) is 4.66. The van der Waals surface area contributed by atoms with Crippen molar-refractivity contribution < 1.29 is 59.5 Å². The average molecular weight is 386 g/mol. The number of aromatic carboxylic acids is 1. The molecular weight excluding hydrogens is 359 g/mol. The number of hydrogen-bond donors (Lipinski definition) is 3. The number of carbonyl (C=O) groups is 1. The largest absolute Gasteiger partial charge is 1.00 e. The van der Waals surface area contributed by atoms with Crippen LogP contribution in [0.5, 0.6) is 5.75 Å². The topological polar surface area (TPSA) is 110 Å². The third-order valence-corrected chi connectivity index (χ3v) is 6.47. The Morgan fingerprint density at radius 3 is 2.63 bits per heavy atom. The zero-order valence-corrected chi connectivity index (χ0v) is 18.5. The molecule has 3 rings (SSSR count). The molecule has 1 aliphatic carbocycles. The van der Waals surface area contributed by atoms with E-state index in [1.165, 1.54) is 6.07 Å². The van der Waals surface area contributed by atoms with E-state index in [0.717, 1.165) is 12.0 Å². The Morgan fingerprint density at radius 2 is 2.04 bits per heavy atom. The van der Waals surface area contributed by atoms with E-state index in [-0.39, 0.29) is 47.5 Å². The van der Waals surface area contributed by atoms with Gasteiger partial charge in [-0.05, 0) is 47.6 Å². The molecule has 1 aromatic rings. The van der Waals surface area contributed by atoms with Crippen molar-refractivity contribution in [2.45, 2.75) is 64.3 Å². The van der Waals surface area contributed by atoms with Crippen molar-refractivity contribution in [3.63, 3.8) is 0 Å².